The Morgan fingerprint density at radius 1 is 0.953 bits per heavy atom. The molecule has 43 heavy (non-hydrogen) atoms. The van der Waals surface area contributed by atoms with E-state index in [1.807, 2.05) is 26.0 Å². The first-order chi connectivity index (χ1) is 20.1. The predicted molar refractivity (Wildman–Crippen MR) is 161 cm³/mol. The lowest BCUT2D eigenvalue weighted by molar-refractivity contribution is -0.139. The van der Waals surface area contributed by atoms with Gasteiger partial charge < -0.3 is 10.2 Å². The van der Waals surface area contributed by atoms with Gasteiger partial charge in [0.05, 0.1) is 21.2 Å². The molecule has 0 aliphatic heterocycles. The number of aryl methyl sites for hydroxylation is 2. The third-order valence-electron chi connectivity index (χ3n) is 6.90. The van der Waals surface area contributed by atoms with Gasteiger partial charge in [-0.25, -0.2) is 8.42 Å². The van der Waals surface area contributed by atoms with Crippen LogP contribution in [0.2, 0.25) is 5.02 Å². The largest absolute Gasteiger partial charge is 0.417 e. The second-order valence-electron chi connectivity index (χ2n) is 10.3. The molecule has 3 aromatic carbocycles. The monoisotopic (exact) mass is 637 g/mol. The van der Waals surface area contributed by atoms with Crippen molar-refractivity contribution in [3.8, 4) is 0 Å². The quantitative estimate of drug-likeness (QED) is 0.230. The van der Waals surface area contributed by atoms with Gasteiger partial charge in [0.25, 0.3) is 10.0 Å². The molecule has 7 nitrogen and oxygen atoms in total. The van der Waals surface area contributed by atoms with E-state index < -0.39 is 56.9 Å². The molecule has 0 aromatic heterocycles. The summed E-state index contributed by atoms with van der Waals surface area (Å²) in [4.78, 5) is 28.0. The van der Waals surface area contributed by atoms with Crippen LogP contribution in [-0.2, 0) is 32.3 Å². The van der Waals surface area contributed by atoms with Gasteiger partial charge in [0.1, 0.15) is 12.6 Å². The molecule has 0 aliphatic rings. The number of nitrogens with zero attached hydrogens (tertiary/aromatic N) is 2. The minimum Gasteiger partial charge on any atom is -0.354 e. The van der Waals surface area contributed by atoms with Crippen molar-refractivity contribution in [2.75, 3.05) is 17.4 Å². The molecule has 1 N–H and O–H groups in total. The Kier molecular flexibility index (Phi) is 11.3. The van der Waals surface area contributed by atoms with Gasteiger partial charge in [-0.15, -0.1) is 0 Å². The van der Waals surface area contributed by atoms with Crippen LogP contribution >= 0.6 is 11.6 Å². The number of hydrogen-bond acceptors (Lipinski definition) is 4. The Bertz CT molecular complexity index is 1530. The fourth-order valence-electron chi connectivity index (χ4n) is 4.26. The van der Waals surface area contributed by atoms with Gasteiger partial charge in [-0.2, -0.15) is 13.2 Å². The summed E-state index contributed by atoms with van der Waals surface area (Å²) in [6.07, 6.45) is -3.31. The van der Waals surface area contributed by atoms with Crippen molar-refractivity contribution in [2.45, 2.75) is 64.2 Å². The molecular weight excluding hydrogens is 603 g/mol. The number of anilines is 1. The van der Waals surface area contributed by atoms with Crippen molar-refractivity contribution >= 4 is 39.1 Å². The average molecular weight is 638 g/mol. The predicted octanol–water partition coefficient (Wildman–Crippen LogP) is 6.50. The van der Waals surface area contributed by atoms with Gasteiger partial charge in [0.2, 0.25) is 11.8 Å². The van der Waals surface area contributed by atoms with E-state index in [4.69, 9.17) is 11.6 Å². The molecule has 0 radical (unpaired) electrons. The molecule has 232 valence electrons. The molecule has 3 rings (SSSR count). The highest BCUT2D eigenvalue weighted by Crippen LogP contribution is 2.38. The SMILES string of the molecule is CCCCNC(=O)C(C)N(Cc1ccc(C)cc1)C(=O)CN(c1ccc(Cl)c(C(F)(F)F)c1)S(=O)(=O)c1ccc(C)cc1. The Balaban J connectivity index is 2.09. The van der Waals surface area contributed by atoms with E-state index in [2.05, 4.69) is 5.32 Å². The zero-order valence-electron chi connectivity index (χ0n) is 24.4. The van der Waals surface area contributed by atoms with Crippen molar-refractivity contribution in [2.24, 2.45) is 0 Å². The molecule has 0 spiro atoms. The lowest BCUT2D eigenvalue weighted by atomic mass is 10.1. The van der Waals surface area contributed by atoms with Crippen molar-refractivity contribution < 1.29 is 31.2 Å². The summed E-state index contributed by atoms with van der Waals surface area (Å²) in [7, 11) is -4.54. The number of sulfonamides is 1. The molecule has 2 amide bonds. The summed E-state index contributed by atoms with van der Waals surface area (Å²) in [5, 5.41) is 2.17. The number of halogens is 4. The molecule has 1 atom stereocenters. The molecule has 0 saturated carbocycles. The summed E-state index contributed by atoms with van der Waals surface area (Å²) in [6.45, 7) is 6.63. The molecule has 0 fully saturated rings. The summed E-state index contributed by atoms with van der Waals surface area (Å²) in [6, 6.07) is 14.6. The van der Waals surface area contributed by atoms with Crippen LogP contribution in [0.25, 0.3) is 0 Å². The molecule has 3 aromatic rings. The fourth-order valence-corrected chi connectivity index (χ4v) is 5.89. The second kappa shape index (κ2) is 14.3. The second-order valence-corrected chi connectivity index (χ2v) is 12.6. The number of alkyl halides is 3. The zero-order valence-corrected chi connectivity index (χ0v) is 26.0. The Hall–Kier alpha value is -3.57. The third kappa shape index (κ3) is 8.73. The summed E-state index contributed by atoms with van der Waals surface area (Å²) in [5.74, 6) is -1.22. The van der Waals surface area contributed by atoms with E-state index in [1.54, 1.807) is 31.2 Å². The highest BCUT2D eigenvalue weighted by Gasteiger charge is 2.37. The smallest absolute Gasteiger partial charge is 0.354 e. The lowest BCUT2D eigenvalue weighted by Crippen LogP contribution is -2.51. The highest BCUT2D eigenvalue weighted by molar-refractivity contribution is 7.92. The molecule has 1 unspecified atom stereocenters. The van der Waals surface area contributed by atoms with E-state index in [1.165, 1.54) is 24.0 Å². The standard InChI is InChI=1S/C31H35ClF3N3O4S/c1-5-6-17-36-30(40)23(4)37(19-24-11-7-21(2)8-12-24)29(39)20-38(43(41,42)26-14-9-22(3)10-15-26)25-13-16-28(32)27(18-25)31(33,34)35/h7-16,18,23H,5-6,17,19-20H2,1-4H3,(H,36,40). The number of carbonyl (C=O) groups excluding carboxylic acids is 2. The maximum absolute atomic E-state index is 13.9. The summed E-state index contributed by atoms with van der Waals surface area (Å²) >= 11 is 5.81. The van der Waals surface area contributed by atoms with Crippen molar-refractivity contribution in [3.05, 3.63) is 94.0 Å². The van der Waals surface area contributed by atoms with Crippen LogP contribution in [0, 0.1) is 13.8 Å². The zero-order chi connectivity index (χ0) is 31.9. The van der Waals surface area contributed by atoms with Gasteiger partial charge in [-0.05, 0) is 63.1 Å². The lowest BCUT2D eigenvalue weighted by Gasteiger charge is -2.32. The number of amides is 2. The van der Waals surface area contributed by atoms with Crippen LogP contribution in [0.4, 0.5) is 18.9 Å². The molecule has 0 saturated heterocycles. The molecule has 0 aliphatic carbocycles. The molecule has 0 bridgehead atoms. The van der Waals surface area contributed by atoms with Crippen LogP contribution in [0.15, 0.2) is 71.6 Å². The first-order valence-electron chi connectivity index (χ1n) is 13.7. The van der Waals surface area contributed by atoms with Gasteiger partial charge in [-0.1, -0.05) is 72.5 Å². The van der Waals surface area contributed by atoms with E-state index in [9.17, 15) is 31.2 Å². The molecular formula is C31H35ClF3N3O4S. The first-order valence-corrected chi connectivity index (χ1v) is 15.6. The Labute approximate surface area is 255 Å². The Morgan fingerprint density at radius 2 is 1.53 bits per heavy atom. The number of hydrogen-bond donors (Lipinski definition) is 1. The maximum atomic E-state index is 13.9. The van der Waals surface area contributed by atoms with Crippen LogP contribution in [0.5, 0.6) is 0 Å². The minimum absolute atomic E-state index is 0.0334. The highest BCUT2D eigenvalue weighted by atomic mass is 35.5. The minimum atomic E-state index is -4.88. The molecule has 12 heteroatoms. The van der Waals surface area contributed by atoms with Gasteiger partial charge in [0.15, 0.2) is 0 Å². The third-order valence-corrected chi connectivity index (χ3v) is 9.02. The summed E-state index contributed by atoms with van der Waals surface area (Å²) < 4.78 is 69.7. The number of benzene rings is 3. The fraction of sp³-hybridized carbons (Fsp3) is 0.355. The van der Waals surface area contributed by atoms with E-state index >= 15 is 0 Å². The van der Waals surface area contributed by atoms with Gasteiger partial charge in [0, 0.05) is 13.1 Å². The van der Waals surface area contributed by atoms with Gasteiger partial charge >= 0.3 is 6.18 Å². The molecule has 0 heterocycles. The maximum Gasteiger partial charge on any atom is 0.417 e. The van der Waals surface area contributed by atoms with Crippen molar-refractivity contribution in [1.29, 1.82) is 0 Å². The topological polar surface area (TPSA) is 86.8 Å². The van der Waals surface area contributed by atoms with Crippen molar-refractivity contribution in [1.82, 2.24) is 10.2 Å². The van der Waals surface area contributed by atoms with E-state index in [-0.39, 0.29) is 11.4 Å². The van der Waals surface area contributed by atoms with Crippen LogP contribution < -0.4 is 9.62 Å². The van der Waals surface area contributed by atoms with Crippen LogP contribution in [0.1, 0.15) is 48.9 Å². The van der Waals surface area contributed by atoms with Crippen LogP contribution in [0.3, 0.4) is 0 Å². The van der Waals surface area contributed by atoms with Crippen molar-refractivity contribution in [3.63, 3.8) is 0 Å². The Morgan fingerprint density at radius 3 is 2.09 bits per heavy atom. The summed E-state index contributed by atoms with van der Waals surface area (Å²) in [5.41, 5.74) is 0.778. The van der Waals surface area contributed by atoms with E-state index in [0.717, 1.165) is 36.1 Å². The number of carbonyl (C=O) groups is 2. The van der Waals surface area contributed by atoms with Crippen LogP contribution in [-0.4, -0.2) is 44.3 Å². The van der Waals surface area contributed by atoms with Gasteiger partial charge in [-0.3, -0.25) is 13.9 Å². The number of nitrogens with one attached hydrogen (secondary N) is 1. The van der Waals surface area contributed by atoms with E-state index in [0.29, 0.717) is 22.5 Å². The number of rotatable bonds is 12. The normalized spacial score (nSPS) is 12.5. The average Bonchev–Trinajstić information content (AvgIpc) is 2.95. The first kappa shape index (κ1) is 33.9. The number of unbranched alkanes of at least 4 members (excludes halogenated alkanes) is 1.